The van der Waals surface area contributed by atoms with Gasteiger partial charge in [0.1, 0.15) is 5.69 Å². The van der Waals surface area contributed by atoms with E-state index in [-0.39, 0.29) is 28.2 Å². The van der Waals surface area contributed by atoms with E-state index in [1.54, 1.807) is 13.8 Å². The van der Waals surface area contributed by atoms with Crippen molar-refractivity contribution in [3.8, 4) is 0 Å². The Kier molecular flexibility index (Phi) is 6.44. The first-order valence-corrected chi connectivity index (χ1v) is 9.52. The third kappa shape index (κ3) is 3.46. The van der Waals surface area contributed by atoms with E-state index < -0.39 is 17.1 Å². The topological polar surface area (TPSA) is 108 Å². The third-order valence-corrected chi connectivity index (χ3v) is 5.21. The molecule has 1 aromatic heterocycles. The smallest absolute Gasteiger partial charge is 0.251 e. The number of ketones is 3. The van der Waals surface area contributed by atoms with Gasteiger partial charge >= 0.3 is 0 Å². The summed E-state index contributed by atoms with van der Waals surface area (Å²) in [6.07, 6.45) is 3.16. The molecule has 1 aliphatic rings. The van der Waals surface area contributed by atoms with Gasteiger partial charge in [0.25, 0.3) is 5.56 Å². The molecule has 2 rings (SSSR count). The SMILES string of the molecule is CCC/C(C1=C(C=N)C(=O)c2[nH]c(=O)c(C)c(CCC)c2C1=O)=C(\C)C(C)=O. The van der Waals surface area contributed by atoms with Crippen molar-refractivity contribution in [1.82, 2.24) is 4.98 Å². The summed E-state index contributed by atoms with van der Waals surface area (Å²) in [5.74, 6) is -1.14. The van der Waals surface area contributed by atoms with Crippen molar-refractivity contribution < 1.29 is 14.4 Å². The van der Waals surface area contributed by atoms with Crippen LogP contribution in [0, 0.1) is 12.3 Å². The first-order valence-electron chi connectivity index (χ1n) is 9.52. The van der Waals surface area contributed by atoms with Crippen LogP contribution in [0.2, 0.25) is 0 Å². The zero-order valence-corrected chi connectivity index (χ0v) is 17.0. The van der Waals surface area contributed by atoms with Gasteiger partial charge in [-0.25, -0.2) is 0 Å². The molecule has 1 aromatic rings. The first-order chi connectivity index (χ1) is 13.2. The Balaban J connectivity index is 2.95. The maximum absolute atomic E-state index is 13.6. The summed E-state index contributed by atoms with van der Waals surface area (Å²) in [6, 6.07) is 0. The molecule has 148 valence electrons. The van der Waals surface area contributed by atoms with Crippen molar-refractivity contribution in [2.75, 3.05) is 0 Å². The van der Waals surface area contributed by atoms with Crippen LogP contribution in [0.25, 0.3) is 0 Å². The van der Waals surface area contributed by atoms with Gasteiger partial charge in [0, 0.05) is 17.4 Å². The summed E-state index contributed by atoms with van der Waals surface area (Å²) < 4.78 is 0. The van der Waals surface area contributed by atoms with Crippen molar-refractivity contribution in [2.45, 2.75) is 60.3 Å². The number of rotatable bonds is 7. The number of H-pyrrole nitrogens is 1. The highest BCUT2D eigenvalue weighted by Gasteiger charge is 2.37. The van der Waals surface area contributed by atoms with E-state index in [2.05, 4.69) is 4.98 Å². The molecule has 6 heteroatoms. The summed E-state index contributed by atoms with van der Waals surface area (Å²) in [5.41, 5.74) is 1.69. The number of aromatic amines is 1. The Labute approximate surface area is 164 Å². The predicted molar refractivity (Wildman–Crippen MR) is 109 cm³/mol. The first kappa shape index (κ1) is 21.4. The fraction of sp³-hybridized carbons (Fsp3) is 0.409. The molecule has 0 unspecified atom stereocenters. The number of nitrogens with one attached hydrogen (secondary N) is 2. The zero-order chi connectivity index (χ0) is 21.2. The Morgan fingerprint density at radius 3 is 2.21 bits per heavy atom. The number of hydrogen-bond donors (Lipinski definition) is 2. The summed E-state index contributed by atoms with van der Waals surface area (Å²) in [7, 11) is 0. The normalized spacial score (nSPS) is 14.8. The summed E-state index contributed by atoms with van der Waals surface area (Å²) in [4.78, 5) is 53.5. The van der Waals surface area contributed by atoms with Crippen LogP contribution in [0.3, 0.4) is 0 Å². The number of hydrogen-bond acceptors (Lipinski definition) is 5. The molecule has 0 saturated carbocycles. The average molecular weight is 382 g/mol. The largest absolute Gasteiger partial charge is 0.318 e. The summed E-state index contributed by atoms with van der Waals surface area (Å²) in [6.45, 7) is 8.56. The van der Waals surface area contributed by atoms with Crippen LogP contribution in [0.15, 0.2) is 27.1 Å². The van der Waals surface area contributed by atoms with Crippen molar-refractivity contribution in [3.05, 3.63) is 55.0 Å². The lowest BCUT2D eigenvalue weighted by Gasteiger charge is -2.24. The van der Waals surface area contributed by atoms with E-state index in [4.69, 9.17) is 5.41 Å². The second-order valence-electron chi connectivity index (χ2n) is 7.06. The van der Waals surface area contributed by atoms with Gasteiger partial charge in [0.05, 0.1) is 11.1 Å². The van der Waals surface area contributed by atoms with Crippen LogP contribution in [0.4, 0.5) is 0 Å². The van der Waals surface area contributed by atoms with Gasteiger partial charge in [0.2, 0.25) is 5.78 Å². The highest BCUT2D eigenvalue weighted by atomic mass is 16.1. The van der Waals surface area contributed by atoms with Crippen molar-refractivity contribution in [1.29, 1.82) is 5.41 Å². The molecule has 28 heavy (non-hydrogen) atoms. The molecule has 0 aliphatic heterocycles. The molecule has 0 fully saturated rings. The lowest BCUT2D eigenvalue weighted by atomic mass is 9.78. The minimum Gasteiger partial charge on any atom is -0.318 e. The van der Waals surface area contributed by atoms with Crippen LogP contribution < -0.4 is 5.56 Å². The van der Waals surface area contributed by atoms with Crippen LogP contribution in [0.1, 0.15) is 78.9 Å². The maximum atomic E-state index is 13.6. The van der Waals surface area contributed by atoms with Gasteiger partial charge in [0.15, 0.2) is 11.6 Å². The van der Waals surface area contributed by atoms with E-state index in [1.807, 2.05) is 13.8 Å². The number of Topliss-reactive ketones (excluding diaryl/α,β-unsaturated/α-hetero) is 3. The van der Waals surface area contributed by atoms with E-state index >= 15 is 0 Å². The van der Waals surface area contributed by atoms with Gasteiger partial charge in [-0.2, -0.15) is 0 Å². The number of allylic oxidation sites excluding steroid dienone is 4. The van der Waals surface area contributed by atoms with E-state index in [1.165, 1.54) is 6.92 Å². The van der Waals surface area contributed by atoms with Gasteiger partial charge in [-0.15, -0.1) is 0 Å². The minimum atomic E-state index is -0.556. The van der Waals surface area contributed by atoms with E-state index in [9.17, 15) is 19.2 Å². The molecule has 6 nitrogen and oxygen atoms in total. The second-order valence-corrected chi connectivity index (χ2v) is 7.06. The Morgan fingerprint density at radius 2 is 1.71 bits per heavy atom. The molecule has 1 heterocycles. The maximum Gasteiger partial charge on any atom is 0.251 e. The fourth-order valence-corrected chi connectivity index (χ4v) is 3.62. The molecular formula is C22H26N2O4. The van der Waals surface area contributed by atoms with Gasteiger partial charge < -0.3 is 10.4 Å². The number of aromatic nitrogens is 1. The van der Waals surface area contributed by atoms with E-state index in [0.29, 0.717) is 48.0 Å². The number of fused-ring (bicyclic) bond motifs is 1. The van der Waals surface area contributed by atoms with Crippen LogP contribution >= 0.6 is 0 Å². The van der Waals surface area contributed by atoms with Crippen LogP contribution in [-0.2, 0) is 11.2 Å². The van der Waals surface area contributed by atoms with Gasteiger partial charge in [-0.3, -0.25) is 19.2 Å². The van der Waals surface area contributed by atoms with E-state index in [0.717, 1.165) is 6.21 Å². The molecule has 0 aromatic carbocycles. The number of pyridine rings is 1. The van der Waals surface area contributed by atoms with Crippen molar-refractivity contribution >= 4 is 23.6 Å². The monoisotopic (exact) mass is 382 g/mol. The third-order valence-electron chi connectivity index (χ3n) is 5.21. The Hall–Kier alpha value is -2.89. The molecule has 0 atom stereocenters. The lowest BCUT2D eigenvalue weighted by molar-refractivity contribution is -0.113. The average Bonchev–Trinajstić information content (AvgIpc) is 2.65. The second kappa shape index (κ2) is 8.42. The fourth-order valence-electron chi connectivity index (χ4n) is 3.62. The molecular weight excluding hydrogens is 356 g/mol. The van der Waals surface area contributed by atoms with Crippen molar-refractivity contribution in [2.24, 2.45) is 0 Å². The molecule has 0 bridgehead atoms. The number of carbonyl (C=O) groups excluding carboxylic acids is 3. The molecule has 2 N–H and O–H groups in total. The lowest BCUT2D eigenvalue weighted by Crippen LogP contribution is -2.31. The molecule has 0 saturated heterocycles. The summed E-state index contributed by atoms with van der Waals surface area (Å²) in [5, 5.41) is 7.74. The van der Waals surface area contributed by atoms with Crippen LogP contribution in [-0.4, -0.2) is 28.5 Å². The highest BCUT2D eigenvalue weighted by molar-refractivity contribution is 6.34. The highest BCUT2D eigenvalue weighted by Crippen LogP contribution is 2.34. The van der Waals surface area contributed by atoms with Gasteiger partial charge in [-0.1, -0.05) is 26.7 Å². The Morgan fingerprint density at radius 1 is 1.07 bits per heavy atom. The molecule has 1 aliphatic carbocycles. The quantitative estimate of drug-likeness (QED) is 0.554. The molecule has 0 amide bonds. The minimum absolute atomic E-state index is 0.0531. The van der Waals surface area contributed by atoms with Gasteiger partial charge in [-0.05, 0) is 50.3 Å². The molecule has 0 spiro atoms. The van der Waals surface area contributed by atoms with Crippen LogP contribution in [0.5, 0.6) is 0 Å². The Bertz CT molecular complexity index is 1010. The van der Waals surface area contributed by atoms with Crippen molar-refractivity contribution in [3.63, 3.8) is 0 Å². The number of carbonyl (C=O) groups is 3. The standard InChI is InChI=1S/C22H26N2O4/c1-6-8-14(11(3)13(5)25)17-16(10-23)20(26)19-18(21(17)27)15(9-7-2)12(4)22(28)24-19/h10,23H,6-9H2,1-5H3,(H,24,28)/b14-11-,23-10?. The zero-order valence-electron chi connectivity index (χ0n) is 17.0. The predicted octanol–water partition coefficient (Wildman–Crippen LogP) is 3.67. The summed E-state index contributed by atoms with van der Waals surface area (Å²) >= 11 is 0. The molecule has 0 radical (unpaired) electrons.